The van der Waals surface area contributed by atoms with Crippen LogP contribution in [0, 0.1) is 5.82 Å². The molecule has 1 aromatic carbocycles. The van der Waals surface area contributed by atoms with Gasteiger partial charge in [-0.05, 0) is 38.8 Å². The van der Waals surface area contributed by atoms with Crippen LogP contribution in [0.2, 0.25) is 5.15 Å². The van der Waals surface area contributed by atoms with Crippen molar-refractivity contribution in [1.82, 2.24) is 19.6 Å². The topological polar surface area (TPSA) is 72.6 Å². The molecule has 168 valence electrons. The lowest BCUT2D eigenvalue weighted by molar-refractivity contribution is 0.0575. The number of fused-ring (bicyclic) bond motifs is 2. The fraction of sp³-hybridized carbons (Fsp3) is 0.364. The number of carbonyl (C=O) groups excluding carboxylic acids is 1. The Labute approximate surface area is 193 Å². The van der Waals surface area contributed by atoms with Gasteiger partial charge < -0.3 is 4.74 Å². The molecule has 3 aromatic heterocycles. The number of hydrogen-bond donors (Lipinski definition) is 0. The van der Waals surface area contributed by atoms with Crippen molar-refractivity contribution in [3.63, 3.8) is 0 Å². The Balaban J connectivity index is 1.83. The summed E-state index contributed by atoms with van der Waals surface area (Å²) in [5.41, 5.74) is 1.30. The molecule has 7 nitrogen and oxygen atoms in total. The zero-order valence-electron chi connectivity index (χ0n) is 18.4. The molecule has 0 aliphatic heterocycles. The fourth-order valence-electron chi connectivity index (χ4n) is 3.24. The standard InChI is InChI=1S/C22H23ClFN5O2S/c1-12(2)14-10-25-29-19(9-17(23)27-20(14)29)28(21(30)31-22(3,4)5)11-18-26-15-8-13(24)6-7-16(15)32-18/h6-10,12H,11H2,1-5H3. The minimum Gasteiger partial charge on any atom is -0.443 e. The normalized spacial score (nSPS) is 12.1. The first kappa shape index (κ1) is 22.4. The SMILES string of the molecule is CC(C)c1cnn2c(N(Cc3nc4cc(F)ccc4s3)C(=O)OC(C)(C)C)cc(Cl)nc12. The summed E-state index contributed by atoms with van der Waals surface area (Å²) < 4.78 is 21.7. The van der Waals surface area contributed by atoms with Crippen LogP contribution in [0.15, 0.2) is 30.5 Å². The Hall–Kier alpha value is -2.78. The molecule has 3 heterocycles. The van der Waals surface area contributed by atoms with Crippen molar-refractivity contribution in [2.45, 2.75) is 52.7 Å². The molecule has 0 spiro atoms. The van der Waals surface area contributed by atoms with Gasteiger partial charge in [-0.1, -0.05) is 25.4 Å². The Kier molecular flexibility index (Phi) is 5.81. The summed E-state index contributed by atoms with van der Waals surface area (Å²) >= 11 is 7.72. The lowest BCUT2D eigenvalue weighted by atomic mass is 10.1. The number of hydrogen-bond acceptors (Lipinski definition) is 6. The summed E-state index contributed by atoms with van der Waals surface area (Å²) in [6.07, 6.45) is 1.15. The molecule has 10 heteroatoms. The molecule has 0 atom stereocenters. The maximum Gasteiger partial charge on any atom is 0.416 e. The molecule has 0 radical (unpaired) electrons. The Morgan fingerprint density at radius 1 is 1.28 bits per heavy atom. The molecule has 0 saturated carbocycles. The number of amides is 1. The number of aromatic nitrogens is 4. The van der Waals surface area contributed by atoms with Gasteiger partial charge in [0.15, 0.2) is 5.65 Å². The second-order valence-electron chi connectivity index (χ2n) is 8.71. The van der Waals surface area contributed by atoms with Gasteiger partial charge in [-0.25, -0.2) is 19.2 Å². The van der Waals surface area contributed by atoms with Gasteiger partial charge in [0, 0.05) is 17.7 Å². The van der Waals surface area contributed by atoms with Gasteiger partial charge in [-0.15, -0.1) is 11.3 Å². The number of ether oxygens (including phenoxy) is 1. The van der Waals surface area contributed by atoms with Crippen molar-refractivity contribution in [3.8, 4) is 0 Å². The van der Waals surface area contributed by atoms with Crippen molar-refractivity contribution < 1.29 is 13.9 Å². The molecule has 4 aromatic rings. The summed E-state index contributed by atoms with van der Waals surface area (Å²) in [7, 11) is 0. The van der Waals surface area contributed by atoms with Crippen molar-refractivity contribution >= 4 is 50.7 Å². The van der Waals surface area contributed by atoms with Gasteiger partial charge >= 0.3 is 6.09 Å². The van der Waals surface area contributed by atoms with E-state index in [2.05, 4.69) is 15.1 Å². The number of halogens is 2. The van der Waals surface area contributed by atoms with Gasteiger partial charge in [-0.3, -0.25) is 4.90 Å². The summed E-state index contributed by atoms with van der Waals surface area (Å²) in [6, 6.07) is 6.01. The van der Waals surface area contributed by atoms with E-state index in [-0.39, 0.29) is 23.4 Å². The van der Waals surface area contributed by atoms with Crippen LogP contribution >= 0.6 is 22.9 Å². The van der Waals surface area contributed by atoms with Crippen LogP contribution in [0.5, 0.6) is 0 Å². The van der Waals surface area contributed by atoms with Crippen molar-refractivity contribution in [2.24, 2.45) is 0 Å². The summed E-state index contributed by atoms with van der Waals surface area (Å²) in [4.78, 5) is 23.6. The van der Waals surface area contributed by atoms with E-state index in [0.717, 1.165) is 10.3 Å². The molecule has 4 rings (SSSR count). The predicted octanol–water partition coefficient (Wildman–Crippen LogP) is 6.20. The summed E-state index contributed by atoms with van der Waals surface area (Å²) in [6.45, 7) is 9.55. The highest BCUT2D eigenvalue weighted by atomic mass is 35.5. The van der Waals surface area contributed by atoms with Crippen LogP contribution in [0.25, 0.3) is 15.9 Å². The highest BCUT2D eigenvalue weighted by molar-refractivity contribution is 7.18. The average Bonchev–Trinajstić information content (AvgIpc) is 3.27. The first-order valence-electron chi connectivity index (χ1n) is 10.1. The first-order valence-corrected chi connectivity index (χ1v) is 11.3. The molecule has 0 fully saturated rings. The number of anilines is 1. The van der Waals surface area contributed by atoms with Gasteiger partial charge in [0.1, 0.15) is 27.4 Å². The molecular weight excluding hydrogens is 453 g/mol. The van der Waals surface area contributed by atoms with E-state index in [0.29, 0.717) is 22.0 Å². The highest BCUT2D eigenvalue weighted by Crippen LogP contribution is 2.30. The lowest BCUT2D eigenvalue weighted by Crippen LogP contribution is -2.37. The van der Waals surface area contributed by atoms with Crippen LogP contribution in [-0.4, -0.2) is 31.3 Å². The Morgan fingerprint density at radius 3 is 2.72 bits per heavy atom. The second kappa shape index (κ2) is 8.29. The zero-order valence-corrected chi connectivity index (χ0v) is 20.0. The smallest absolute Gasteiger partial charge is 0.416 e. The van der Waals surface area contributed by atoms with E-state index in [1.54, 1.807) is 43.6 Å². The number of rotatable bonds is 4. The number of nitrogens with zero attached hydrogens (tertiary/aromatic N) is 5. The van der Waals surface area contributed by atoms with Crippen molar-refractivity contribution in [1.29, 1.82) is 0 Å². The fourth-order valence-corrected chi connectivity index (χ4v) is 4.36. The average molecular weight is 476 g/mol. The van der Waals surface area contributed by atoms with Gasteiger partial charge in [-0.2, -0.15) is 9.61 Å². The quantitative estimate of drug-likeness (QED) is 0.329. The number of benzene rings is 1. The third-order valence-corrected chi connectivity index (χ3v) is 5.86. The van der Waals surface area contributed by atoms with Crippen LogP contribution in [-0.2, 0) is 11.3 Å². The van der Waals surface area contributed by atoms with Crippen molar-refractivity contribution in [3.05, 3.63) is 52.0 Å². The molecule has 0 N–H and O–H groups in total. The number of thiazole rings is 1. The van der Waals surface area contributed by atoms with Crippen LogP contribution in [0.1, 0.15) is 51.1 Å². The molecule has 32 heavy (non-hydrogen) atoms. The van der Waals surface area contributed by atoms with E-state index in [4.69, 9.17) is 16.3 Å². The Bertz CT molecular complexity index is 1310. The molecule has 0 saturated heterocycles. The molecule has 0 aliphatic carbocycles. The van der Waals surface area contributed by atoms with Crippen molar-refractivity contribution in [2.75, 3.05) is 4.90 Å². The highest BCUT2D eigenvalue weighted by Gasteiger charge is 2.28. The van der Waals surface area contributed by atoms with E-state index < -0.39 is 11.7 Å². The monoisotopic (exact) mass is 475 g/mol. The largest absolute Gasteiger partial charge is 0.443 e. The van der Waals surface area contributed by atoms with Gasteiger partial charge in [0.05, 0.1) is 23.0 Å². The molecule has 1 amide bonds. The van der Waals surface area contributed by atoms with Crippen LogP contribution in [0.3, 0.4) is 0 Å². The Morgan fingerprint density at radius 2 is 2.03 bits per heavy atom. The molecule has 0 unspecified atom stereocenters. The van der Waals surface area contributed by atoms with E-state index in [9.17, 15) is 9.18 Å². The maximum absolute atomic E-state index is 13.6. The van der Waals surface area contributed by atoms with Crippen LogP contribution in [0.4, 0.5) is 15.0 Å². The zero-order chi connectivity index (χ0) is 23.2. The minimum absolute atomic E-state index is 0.0994. The summed E-state index contributed by atoms with van der Waals surface area (Å²) in [5, 5.41) is 5.31. The molecular formula is C22H23ClFN5O2S. The second-order valence-corrected chi connectivity index (χ2v) is 10.2. The molecule has 0 bridgehead atoms. The predicted molar refractivity (Wildman–Crippen MR) is 124 cm³/mol. The van der Waals surface area contributed by atoms with Gasteiger partial charge in [0.2, 0.25) is 0 Å². The lowest BCUT2D eigenvalue weighted by Gasteiger charge is -2.27. The minimum atomic E-state index is -0.713. The molecule has 0 aliphatic rings. The van der Waals surface area contributed by atoms with Gasteiger partial charge in [0.25, 0.3) is 0 Å². The maximum atomic E-state index is 13.6. The first-order chi connectivity index (χ1) is 15.0. The third kappa shape index (κ3) is 4.54. The van der Waals surface area contributed by atoms with E-state index in [1.807, 2.05) is 13.8 Å². The summed E-state index contributed by atoms with van der Waals surface area (Å²) in [5.74, 6) is 0.214. The van der Waals surface area contributed by atoms with Crippen LogP contribution < -0.4 is 4.90 Å². The number of carbonyl (C=O) groups is 1. The van der Waals surface area contributed by atoms with E-state index >= 15 is 0 Å². The third-order valence-electron chi connectivity index (χ3n) is 4.65. The van der Waals surface area contributed by atoms with E-state index in [1.165, 1.54) is 28.4 Å².